The smallest absolute Gasteiger partial charge is 0.463 e. The van der Waals surface area contributed by atoms with E-state index in [1.807, 2.05) is 0 Å². The SMILES string of the molecule is CC/C=C\C/C=C\C/C=C\C/C=C\C/C=C\C/C=C\CCCCCCCCCCCCCCCCCCC(=O)OCC(O)COP(=O)(O)OCC(O)COP(=O)(O)OCC(COC(=O)CCCCCCCCCCCC/C=C\C/C=C\C/C=C\C/C=C\C/C=C\C/C=C\CC)OC(=O)CCCCCCC/C=C\C/C=C\C/C=C\C/C=C\C/C=C\CC. The van der Waals surface area contributed by atoms with Gasteiger partial charge in [0.05, 0.1) is 26.4 Å². The fourth-order valence-electron chi connectivity index (χ4n) is 12.4. The molecule has 0 heterocycles. The molecular formula is C103H170O16P2. The van der Waals surface area contributed by atoms with E-state index >= 15 is 0 Å². The Labute approximate surface area is 737 Å². The first kappa shape index (κ1) is 115. The van der Waals surface area contributed by atoms with Crippen molar-refractivity contribution in [2.75, 3.05) is 39.6 Å². The second-order valence-electron chi connectivity index (χ2n) is 31.0. The molecule has 0 fully saturated rings. The zero-order valence-corrected chi connectivity index (χ0v) is 77.7. The summed E-state index contributed by atoms with van der Waals surface area (Å²) >= 11 is 0. The molecule has 0 aliphatic rings. The summed E-state index contributed by atoms with van der Waals surface area (Å²) in [5.74, 6) is -1.60. The summed E-state index contributed by atoms with van der Waals surface area (Å²) in [5, 5.41) is 20.8. The number of aliphatic hydroxyl groups is 2. The van der Waals surface area contributed by atoms with Gasteiger partial charge in [0.2, 0.25) is 0 Å². The maximum atomic E-state index is 13.1. The quantitative estimate of drug-likeness (QED) is 0.0146. The van der Waals surface area contributed by atoms with Gasteiger partial charge in [0, 0.05) is 19.3 Å². The molecule has 0 saturated heterocycles. The lowest BCUT2D eigenvalue weighted by Crippen LogP contribution is -2.30. The average molecular weight is 1730 g/mol. The summed E-state index contributed by atoms with van der Waals surface area (Å²) in [6.45, 7) is 2.34. The number of aliphatic hydroxyl groups excluding tert-OH is 2. The van der Waals surface area contributed by atoms with Crippen LogP contribution in [-0.4, -0.2) is 95.9 Å². The average Bonchev–Trinajstić information content (AvgIpc) is 0.879. The Bertz CT molecular complexity index is 3030. The fourth-order valence-corrected chi connectivity index (χ4v) is 14.0. The molecule has 0 spiro atoms. The van der Waals surface area contributed by atoms with Crippen molar-refractivity contribution in [3.63, 3.8) is 0 Å². The summed E-state index contributed by atoms with van der Waals surface area (Å²) in [5.41, 5.74) is 0. The third kappa shape index (κ3) is 94.6. The number of phosphoric acid groups is 2. The monoisotopic (exact) mass is 1730 g/mol. The van der Waals surface area contributed by atoms with E-state index in [0.29, 0.717) is 19.3 Å². The van der Waals surface area contributed by atoms with Crippen molar-refractivity contribution < 1.29 is 75.8 Å². The molecule has 0 saturated carbocycles. The molecule has 121 heavy (non-hydrogen) atoms. The standard InChI is InChI=1S/C103H170O16P2/c1-4-7-10-13-16-19-22-25-28-31-34-37-39-41-43-45-46-47-48-49-50-52-54-55-57-60-62-65-68-71-74-77-80-83-86-89-101(106)113-92-98(104)93-115-120(109,110)116-94-99(105)95-117-121(111,112)118-97-100(119-103(108)91-88-85-82-79-76-73-70-67-64-59-36-33-30-27-24-21-18-15-12-9-6-3)96-114-102(107)90-87-84-81-78-75-72-69-66-63-61-58-56-53-51-44-42-40-38-35-32-29-26-23-20-17-14-11-8-5-2/h7-12,16-21,25-30,34-38,41-44,46-47,53,56,59,67,70,98-100,104-105H,4-6,13-15,22-24,31-33,39-40,45,48-52,54-55,57-58,60-66,68-69,71-97H2,1-3H3,(H,109,110)(H,111,112)/b10-7-,11-8-,12-9-,19-16-,20-17-,21-18-,28-25-,29-26-,30-27-,37-34-,38-35-,43-41-,44-42-,47-46-,56-53-,59-36-,70-67-. The van der Waals surface area contributed by atoms with Gasteiger partial charge in [-0.2, -0.15) is 0 Å². The number of carbonyl (C=O) groups is 3. The highest BCUT2D eigenvalue weighted by atomic mass is 31.2. The lowest BCUT2D eigenvalue weighted by molar-refractivity contribution is -0.161. The maximum absolute atomic E-state index is 13.1. The highest BCUT2D eigenvalue weighted by Gasteiger charge is 2.29. The van der Waals surface area contributed by atoms with E-state index in [1.54, 1.807) is 0 Å². The van der Waals surface area contributed by atoms with E-state index < -0.39 is 91.5 Å². The summed E-state index contributed by atoms with van der Waals surface area (Å²) in [4.78, 5) is 59.0. The molecule has 0 rings (SSSR count). The topological polar surface area (TPSA) is 231 Å². The number of hydrogen-bond donors (Lipinski definition) is 4. The third-order valence-electron chi connectivity index (χ3n) is 19.5. The third-order valence-corrected chi connectivity index (χ3v) is 21.4. The van der Waals surface area contributed by atoms with Gasteiger partial charge in [0.15, 0.2) is 6.10 Å². The maximum Gasteiger partial charge on any atom is 0.472 e. The highest BCUT2D eigenvalue weighted by molar-refractivity contribution is 7.47. The number of esters is 3. The Balaban J connectivity index is 4.58. The van der Waals surface area contributed by atoms with Gasteiger partial charge < -0.3 is 34.2 Å². The number of ether oxygens (including phenoxy) is 3. The van der Waals surface area contributed by atoms with Crippen LogP contribution in [0.1, 0.15) is 367 Å². The molecule has 0 bridgehead atoms. The molecule has 5 unspecified atom stereocenters. The van der Waals surface area contributed by atoms with E-state index in [9.17, 15) is 43.5 Å². The Morgan fingerprint density at radius 1 is 0.231 bits per heavy atom. The van der Waals surface area contributed by atoms with Crippen molar-refractivity contribution in [2.45, 2.75) is 386 Å². The number of hydrogen-bond acceptors (Lipinski definition) is 14. The molecule has 0 radical (unpaired) electrons. The van der Waals surface area contributed by atoms with Gasteiger partial charge in [-0.05, 0) is 167 Å². The van der Waals surface area contributed by atoms with Crippen LogP contribution in [0.2, 0.25) is 0 Å². The van der Waals surface area contributed by atoms with Gasteiger partial charge in [0.25, 0.3) is 0 Å². The number of carbonyl (C=O) groups excluding carboxylic acids is 3. The largest absolute Gasteiger partial charge is 0.472 e. The van der Waals surface area contributed by atoms with Gasteiger partial charge in [-0.15, -0.1) is 0 Å². The van der Waals surface area contributed by atoms with Crippen molar-refractivity contribution in [1.29, 1.82) is 0 Å². The molecule has 0 aromatic heterocycles. The van der Waals surface area contributed by atoms with Crippen LogP contribution >= 0.6 is 15.6 Å². The van der Waals surface area contributed by atoms with E-state index in [4.69, 9.17) is 32.3 Å². The van der Waals surface area contributed by atoms with E-state index in [2.05, 4.69) is 227 Å². The molecule has 0 aromatic rings. The second kappa shape index (κ2) is 93.3. The Morgan fingerprint density at radius 2 is 0.413 bits per heavy atom. The van der Waals surface area contributed by atoms with Crippen molar-refractivity contribution in [3.8, 4) is 0 Å². The summed E-state index contributed by atoms with van der Waals surface area (Å²) in [7, 11) is -9.83. The molecular weight excluding hydrogens is 1560 g/mol. The van der Waals surface area contributed by atoms with Gasteiger partial charge >= 0.3 is 33.6 Å². The van der Waals surface area contributed by atoms with Gasteiger partial charge in [-0.1, -0.05) is 388 Å². The molecule has 0 amide bonds. The van der Waals surface area contributed by atoms with Crippen LogP contribution in [0, 0.1) is 0 Å². The normalized spacial score (nSPS) is 14.7. The van der Waals surface area contributed by atoms with Crippen molar-refractivity contribution >= 4 is 33.6 Å². The van der Waals surface area contributed by atoms with Crippen molar-refractivity contribution in [3.05, 3.63) is 207 Å². The number of phosphoric ester groups is 2. The first-order chi connectivity index (χ1) is 59.2. The van der Waals surface area contributed by atoms with E-state index in [-0.39, 0.29) is 19.3 Å². The fraction of sp³-hybridized carbons (Fsp3) is 0.641. The van der Waals surface area contributed by atoms with Crippen LogP contribution in [0.5, 0.6) is 0 Å². The molecule has 0 aliphatic heterocycles. The highest BCUT2D eigenvalue weighted by Crippen LogP contribution is 2.45. The number of allylic oxidation sites excluding steroid dienone is 34. The van der Waals surface area contributed by atoms with E-state index in [1.165, 1.54) is 116 Å². The Hall–Kier alpha value is -5.87. The lowest BCUT2D eigenvalue weighted by Gasteiger charge is -2.21. The minimum Gasteiger partial charge on any atom is -0.463 e. The number of rotatable bonds is 88. The minimum absolute atomic E-state index is 0.0749. The van der Waals surface area contributed by atoms with Crippen LogP contribution < -0.4 is 0 Å². The summed E-state index contributed by atoms with van der Waals surface area (Å²) < 4.78 is 61.5. The molecule has 0 aromatic carbocycles. The first-order valence-electron chi connectivity index (χ1n) is 47.4. The van der Waals surface area contributed by atoms with Crippen molar-refractivity contribution in [2.24, 2.45) is 0 Å². The zero-order chi connectivity index (χ0) is 87.9. The molecule has 0 aliphatic carbocycles. The molecule has 16 nitrogen and oxygen atoms in total. The molecule has 5 atom stereocenters. The van der Waals surface area contributed by atoms with Crippen LogP contribution in [0.3, 0.4) is 0 Å². The summed E-state index contributed by atoms with van der Waals surface area (Å²) in [6.07, 6.45) is 126. The molecule has 18 heteroatoms. The lowest BCUT2D eigenvalue weighted by atomic mass is 10.0. The zero-order valence-electron chi connectivity index (χ0n) is 75.9. The predicted molar refractivity (Wildman–Crippen MR) is 509 cm³/mol. The van der Waals surface area contributed by atoms with Gasteiger partial charge in [-0.3, -0.25) is 32.5 Å². The van der Waals surface area contributed by atoms with Gasteiger partial charge in [0.1, 0.15) is 25.4 Å². The number of unbranched alkanes of at least 4 members (excludes halogenated alkanes) is 31. The minimum atomic E-state index is -4.96. The predicted octanol–water partition coefficient (Wildman–Crippen LogP) is 29.6. The second-order valence-corrected chi connectivity index (χ2v) is 33.9. The Kier molecular flexibility index (Phi) is 88.8. The Morgan fingerprint density at radius 3 is 0.653 bits per heavy atom. The van der Waals surface area contributed by atoms with Crippen LogP contribution in [0.4, 0.5) is 0 Å². The van der Waals surface area contributed by atoms with Gasteiger partial charge in [-0.25, -0.2) is 9.13 Å². The van der Waals surface area contributed by atoms with Crippen molar-refractivity contribution in [1.82, 2.24) is 0 Å². The first-order valence-corrected chi connectivity index (χ1v) is 50.4. The molecule has 4 N–H and O–H groups in total. The molecule has 688 valence electrons. The van der Waals surface area contributed by atoms with Crippen LogP contribution in [-0.2, 0) is 55.8 Å². The van der Waals surface area contributed by atoms with Crippen LogP contribution in [0.25, 0.3) is 0 Å². The van der Waals surface area contributed by atoms with Crippen LogP contribution in [0.15, 0.2) is 207 Å². The summed E-state index contributed by atoms with van der Waals surface area (Å²) in [6, 6.07) is 0. The van der Waals surface area contributed by atoms with E-state index in [0.717, 1.165) is 193 Å².